The lowest BCUT2D eigenvalue weighted by Gasteiger charge is -2.14. The van der Waals surface area contributed by atoms with Crippen molar-refractivity contribution in [2.24, 2.45) is 4.99 Å². The third-order valence-electron chi connectivity index (χ3n) is 3.69. The van der Waals surface area contributed by atoms with Crippen molar-refractivity contribution in [3.05, 3.63) is 52.6 Å². The number of nitrogens with one attached hydrogen (secondary N) is 3. The fraction of sp³-hybridized carbons (Fsp3) is 0.278. The van der Waals surface area contributed by atoms with E-state index in [1.807, 2.05) is 18.2 Å². The fourth-order valence-electron chi connectivity index (χ4n) is 2.32. The van der Waals surface area contributed by atoms with Gasteiger partial charge in [-0.15, -0.1) is 24.0 Å². The van der Waals surface area contributed by atoms with Gasteiger partial charge in [-0.2, -0.15) is 0 Å². The van der Waals surface area contributed by atoms with Gasteiger partial charge >= 0.3 is 0 Å². The van der Waals surface area contributed by atoms with Gasteiger partial charge in [-0.25, -0.2) is 0 Å². The summed E-state index contributed by atoms with van der Waals surface area (Å²) in [6, 6.07) is 11.8. The second kappa shape index (κ2) is 11.8. The van der Waals surface area contributed by atoms with E-state index in [-0.39, 0.29) is 29.7 Å². The van der Waals surface area contributed by atoms with Crippen molar-refractivity contribution < 1.29 is 14.4 Å². The van der Waals surface area contributed by atoms with Gasteiger partial charge in [0.15, 0.2) is 17.5 Å². The summed E-state index contributed by atoms with van der Waals surface area (Å²) in [5.41, 5.74) is 1.69. The Labute approximate surface area is 180 Å². The number of hydrogen-bond acceptors (Lipinski definition) is 6. The van der Waals surface area contributed by atoms with E-state index in [4.69, 9.17) is 9.47 Å². The van der Waals surface area contributed by atoms with Crippen molar-refractivity contribution in [3.8, 4) is 11.5 Å². The summed E-state index contributed by atoms with van der Waals surface area (Å²) < 4.78 is 10.5. The number of methoxy groups -OCH3 is 2. The molecule has 0 atom stereocenters. The molecular formula is C18H24IN5O4. The van der Waals surface area contributed by atoms with E-state index in [0.29, 0.717) is 30.5 Å². The molecule has 0 spiro atoms. The number of rotatable bonds is 8. The predicted octanol–water partition coefficient (Wildman–Crippen LogP) is 3.33. The second-order valence-electron chi connectivity index (χ2n) is 5.42. The summed E-state index contributed by atoms with van der Waals surface area (Å²) in [5, 5.41) is 20.2. The maximum absolute atomic E-state index is 10.6. The van der Waals surface area contributed by atoms with Crippen LogP contribution in [0.4, 0.5) is 17.1 Å². The molecular weight excluding hydrogens is 477 g/mol. The Bertz CT molecular complexity index is 799. The van der Waals surface area contributed by atoms with Crippen LogP contribution < -0.4 is 25.4 Å². The number of nitro benzene ring substituents is 1. The van der Waals surface area contributed by atoms with E-state index in [1.54, 1.807) is 33.4 Å². The first-order valence-electron chi connectivity index (χ1n) is 8.25. The van der Waals surface area contributed by atoms with E-state index in [1.165, 1.54) is 12.1 Å². The Kier molecular flexibility index (Phi) is 9.85. The number of anilines is 2. The smallest absolute Gasteiger partial charge is 0.269 e. The predicted molar refractivity (Wildman–Crippen MR) is 122 cm³/mol. The zero-order chi connectivity index (χ0) is 19.6. The van der Waals surface area contributed by atoms with E-state index in [2.05, 4.69) is 20.9 Å². The van der Waals surface area contributed by atoms with Crippen LogP contribution in [0.25, 0.3) is 0 Å². The quantitative estimate of drug-likeness (QED) is 0.127. The summed E-state index contributed by atoms with van der Waals surface area (Å²) in [6.07, 6.45) is 0. The standard InChI is InChI=1S/C18H23N5O4.HI/c1-19-18(22-14-6-9-16(26-2)17(12-14)27-3)21-11-10-20-13-4-7-15(8-5-13)23(24)25;/h4-9,12,20H,10-11H2,1-3H3,(H2,19,21,22);1H. The molecule has 0 saturated carbocycles. The Morgan fingerprint density at radius 3 is 2.25 bits per heavy atom. The molecule has 10 heteroatoms. The van der Waals surface area contributed by atoms with Crippen LogP contribution in [-0.4, -0.2) is 45.2 Å². The molecule has 0 unspecified atom stereocenters. The number of nitrogens with zero attached hydrogens (tertiary/aromatic N) is 2. The maximum atomic E-state index is 10.6. The Balaban J connectivity index is 0.00000392. The van der Waals surface area contributed by atoms with Crippen molar-refractivity contribution in [2.45, 2.75) is 0 Å². The largest absolute Gasteiger partial charge is 0.493 e. The number of hydrogen-bond donors (Lipinski definition) is 3. The lowest BCUT2D eigenvalue weighted by atomic mass is 10.2. The molecule has 2 aromatic carbocycles. The molecule has 0 heterocycles. The van der Waals surface area contributed by atoms with E-state index < -0.39 is 4.92 Å². The fourth-order valence-corrected chi connectivity index (χ4v) is 2.32. The lowest BCUT2D eigenvalue weighted by molar-refractivity contribution is -0.384. The third kappa shape index (κ3) is 6.76. The molecule has 0 aromatic heterocycles. The molecule has 0 fully saturated rings. The summed E-state index contributed by atoms with van der Waals surface area (Å²) in [7, 11) is 4.85. The molecule has 0 aliphatic heterocycles. The van der Waals surface area contributed by atoms with Gasteiger partial charge in [-0.3, -0.25) is 15.1 Å². The molecule has 3 N–H and O–H groups in total. The summed E-state index contributed by atoms with van der Waals surface area (Å²) in [4.78, 5) is 14.4. The Hall–Kier alpha value is -2.76. The van der Waals surface area contributed by atoms with Gasteiger partial charge in [0.05, 0.1) is 19.1 Å². The number of benzene rings is 2. The van der Waals surface area contributed by atoms with Gasteiger partial charge in [-0.05, 0) is 24.3 Å². The highest BCUT2D eigenvalue weighted by atomic mass is 127. The van der Waals surface area contributed by atoms with E-state index in [9.17, 15) is 10.1 Å². The normalized spacial score (nSPS) is 10.5. The van der Waals surface area contributed by atoms with Crippen LogP contribution in [0.3, 0.4) is 0 Å². The van der Waals surface area contributed by atoms with Crippen LogP contribution in [0, 0.1) is 10.1 Å². The number of non-ortho nitro benzene ring substituents is 1. The Morgan fingerprint density at radius 1 is 1.04 bits per heavy atom. The van der Waals surface area contributed by atoms with Gasteiger partial charge in [0, 0.05) is 49.7 Å². The highest BCUT2D eigenvalue weighted by Crippen LogP contribution is 2.29. The summed E-state index contributed by atoms with van der Waals surface area (Å²) in [5.74, 6) is 1.88. The molecule has 152 valence electrons. The highest BCUT2D eigenvalue weighted by Gasteiger charge is 2.06. The monoisotopic (exact) mass is 501 g/mol. The van der Waals surface area contributed by atoms with Crippen molar-refractivity contribution in [2.75, 3.05) is 45.0 Å². The molecule has 0 bridgehead atoms. The molecule has 28 heavy (non-hydrogen) atoms. The topological polar surface area (TPSA) is 110 Å². The first kappa shape index (κ1) is 23.3. The molecule has 0 aliphatic carbocycles. The van der Waals surface area contributed by atoms with Crippen LogP contribution in [-0.2, 0) is 0 Å². The van der Waals surface area contributed by atoms with Crippen LogP contribution in [0.1, 0.15) is 0 Å². The van der Waals surface area contributed by atoms with Crippen LogP contribution in [0.2, 0.25) is 0 Å². The minimum atomic E-state index is -0.421. The second-order valence-corrected chi connectivity index (χ2v) is 5.42. The average molecular weight is 501 g/mol. The van der Waals surface area contributed by atoms with Gasteiger partial charge in [0.1, 0.15) is 0 Å². The summed E-state index contributed by atoms with van der Waals surface area (Å²) >= 11 is 0. The minimum absolute atomic E-state index is 0. The molecule has 0 saturated heterocycles. The maximum Gasteiger partial charge on any atom is 0.269 e. The first-order valence-corrected chi connectivity index (χ1v) is 8.25. The van der Waals surface area contributed by atoms with Crippen molar-refractivity contribution in [1.29, 1.82) is 0 Å². The zero-order valence-electron chi connectivity index (χ0n) is 15.9. The van der Waals surface area contributed by atoms with Crippen LogP contribution in [0.5, 0.6) is 11.5 Å². The zero-order valence-corrected chi connectivity index (χ0v) is 18.2. The summed E-state index contributed by atoms with van der Waals surface area (Å²) in [6.45, 7) is 1.22. The first-order chi connectivity index (χ1) is 13.1. The number of aliphatic imine (C=N–C) groups is 1. The van der Waals surface area contributed by atoms with Crippen molar-refractivity contribution in [3.63, 3.8) is 0 Å². The van der Waals surface area contributed by atoms with Gasteiger partial charge in [-0.1, -0.05) is 0 Å². The molecule has 0 amide bonds. The highest BCUT2D eigenvalue weighted by molar-refractivity contribution is 14.0. The minimum Gasteiger partial charge on any atom is -0.493 e. The lowest BCUT2D eigenvalue weighted by Crippen LogP contribution is -2.34. The Morgan fingerprint density at radius 2 is 1.68 bits per heavy atom. The van der Waals surface area contributed by atoms with Crippen molar-refractivity contribution in [1.82, 2.24) is 5.32 Å². The van der Waals surface area contributed by atoms with E-state index in [0.717, 1.165) is 11.4 Å². The average Bonchev–Trinajstić information content (AvgIpc) is 2.70. The van der Waals surface area contributed by atoms with Crippen molar-refractivity contribution >= 4 is 47.0 Å². The number of halogens is 1. The molecule has 2 rings (SSSR count). The number of ether oxygens (including phenoxy) is 2. The van der Waals surface area contributed by atoms with Gasteiger partial charge in [0.2, 0.25) is 0 Å². The molecule has 0 aliphatic rings. The van der Waals surface area contributed by atoms with Gasteiger partial charge < -0.3 is 25.4 Å². The number of guanidine groups is 1. The number of nitro groups is 1. The third-order valence-corrected chi connectivity index (χ3v) is 3.69. The van der Waals surface area contributed by atoms with Gasteiger partial charge in [0.25, 0.3) is 5.69 Å². The van der Waals surface area contributed by atoms with Crippen LogP contribution in [0.15, 0.2) is 47.5 Å². The molecule has 0 radical (unpaired) electrons. The SMILES string of the molecule is CN=C(NCCNc1ccc([N+](=O)[O-])cc1)Nc1ccc(OC)c(OC)c1.I. The molecule has 9 nitrogen and oxygen atoms in total. The van der Waals surface area contributed by atoms with Crippen LogP contribution >= 0.6 is 24.0 Å². The molecule has 2 aromatic rings. The van der Waals surface area contributed by atoms with E-state index >= 15 is 0 Å².